The molecule has 9 nitrogen and oxygen atoms in total. The minimum absolute atomic E-state index is 0.113. The molecule has 9 heteroatoms. The van der Waals surface area contributed by atoms with Crippen LogP contribution in [0.5, 0.6) is 0 Å². The first-order valence-corrected chi connectivity index (χ1v) is 9.14. The molecule has 3 rings (SSSR count). The topological polar surface area (TPSA) is 146 Å². The fourth-order valence-corrected chi connectivity index (χ4v) is 3.47. The summed E-state index contributed by atoms with van der Waals surface area (Å²) in [7, 11) is 0. The number of anilines is 2. The van der Waals surface area contributed by atoms with Crippen molar-refractivity contribution in [2.75, 3.05) is 11.1 Å². The number of pyridine rings is 1. The van der Waals surface area contributed by atoms with Crippen LogP contribution in [0, 0.1) is 23.0 Å². The predicted octanol–water partition coefficient (Wildman–Crippen LogP) is 2.34. The van der Waals surface area contributed by atoms with Gasteiger partial charge in [-0.1, -0.05) is 6.07 Å². The first-order valence-electron chi connectivity index (χ1n) is 9.14. The first-order chi connectivity index (χ1) is 12.9. The van der Waals surface area contributed by atoms with Crippen molar-refractivity contribution in [2.45, 2.75) is 51.6 Å². The third kappa shape index (κ3) is 4.68. The number of nitro groups is 1. The molecule has 1 saturated carbocycles. The molecule has 0 saturated heterocycles. The zero-order valence-corrected chi connectivity index (χ0v) is 15.4. The van der Waals surface area contributed by atoms with Crippen LogP contribution in [0.2, 0.25) is 0 Å². The maximum Gasteiger partial charge on any atom is 0.332 e. The smallest absolute Gasteiger partial charge is 0.332 e. The van der Waals surface area contributed by atoms with E-state index in [9.17, 15) is 10.1 Å². The van der Waals surface area contributed by atoms with Crippen molar-refractivity contribution < 1.29 is 4.92 Å². The van der Waals surface area contributed by atoms with Gasteiger partial charge in [0.05, 0.1) is 17.2 Å². The van der Waals surface area contributed by atoms with E-state index in [0.717, 1.165) is 36.9 Å². The standard InChI is InChI=1S/C18H25N7O2/c1-11-3-2-8-21-15(11)10-22-18-23-14(16(25(26)27)17(20)24-18)9-12-4-6-13(19)7-5-12/h2-3,8,12-13H,4-7,9-10,19H2,1H3,(H3,20,22,23,24). The van der Waals surface area contributed by atoms with Crippen LogP contribution < -0.4 is 16.8 Å². The zero-order chi connectivity index (χ0) is 19.4. The number of aryl methyl sites for hydroxylation is 1. The molecule has 2 heterocycles. The van der Waals surface area contributed by atoms with Gasteiger partial charge in [0.1, 0.15) is 5.69 Å². The average molecular weight is 371 g/mol. The van der Waals surface area contributed by atoms with Crippen LogP contribution >= 0.6 is 0 Å². The van der Waals surface area contributed by atoms with E-state index < -0.39 is 4.92 Å². The summed E-state index contributed by atoms with van der Waals surface area (Å²) in [5.74, 6) is 0.493. The fraction of sp³-hybridized carbons (Fsp3) is 0.500. The number of hydrogen-bond acceptors (Lipinski definition) is 8. The van der Waals surface area contributed by atoms with Crippen molar-refractivity contribution in [3.05, 3.63) is 45.4 Å². The van der Waals surface area contributed by atoms with Crippen molar-refractivity contribution in [2.24, 2.45) is 11.7 Å². The van der Waals surface area contributed by atoms with Crippen molar-refractivity contribution in [3.63, 3.8) is 0 Å². The Kier molecular flexibility index (Phi) is 5.80. The predicted molar refractivity (Wildman–Crippen MR) is 103 cm³/mol. The van der Waals surface area contributed by atoms with E-state index in [1.807, 2.05) is 19.1 Å². The summed E-state index contributed by atoms with van der Waals surface area (Å²) >= 11 is 0. The zero-order valence-electron chi connectivity index (χ0n) is 15.4. The Bertz CT molecular complexity index is 819. The maximum atomic E-state index is 11.5. The normalized spacial score (nSPS) is 19.6. The molecule has 5 N–H and O–H groups in total. The van der Waals surface area contributed by atoms with Gasteiger partial charge in [0.25, 0.3) is 0 Å². The van der Waals surface area contributed by atoms with Gasteiger partial charge in [-0.3, -0.25) is 15.1 Å². The number of hydrogen-bond donors (Lipinski definition) is 3. The van der Waals surface area contributed by atoms with Crippen LogP contribution in [0.15, 0.2) is 18.3 Å². The Morgan fingerprint density at radius 2 is 2.00 bits per heavy atom. The van der Waals surface area contributed by atoms with Gasteiger partial charge in [0.15, 0.2) is 0 Å². The summed E-state index contributed by atoms with van der Waals surface area (Å²) in [5.41, 5.74) is 13.9. The number of nitrogen functional groups attached to an aromatic ring is 1. The quantitative estimate of drug-likeness (QED) is 0.518. The van der Waals surface area contributed by atoms with Crippen LogP contribution in [0.3, 0.4) is 0 Å². The molecular weight excluding hydrogens is 346 g/mol. The second-order valence-corrected chi connectivity index (χ2v) is 7.09. The lowest BCUT2D eigenvalue weighted by Gasteiger charge is -2.25. The lowest BCUT2D eigenvalue weighted by molar-refractivity contribution is -0.385. The highest BCUT2D eigenvalue weighted by molar-refractivity contribution is 5.58. The number of aromatic nitrogens is 3. The van der Waals surface area contributed by atoms with Gasteiger partial charge < -0.3 is 16.8 Å². The molecule has 0 unspecified atom stereocenters. The van der Waals surface area contributed by atoms with Crippen LogP contribution in [0.25, 0.3) is 0 Å². The Morgan fingerprint density at radius 3 is 2.67 bits per heavy atom. The van der Waals surface area contributed by atoms with Gasteiger partial charge in [-0.25, -0.2) is 4.98 Å². The largest absolute Gasteiger partial charge is 0.378 e. The van der Waals surface area contributed by atoms with Gasteiger partial charge in [0, 0.05) is 12.2 Å². The number of nitrogens with one attached hydrogen (secondary N) is 1. The first kappa shape index (κ1) is 19.0. The highest BCUT2D eigenvalue weighted by Crippen LogP contribution is 2.31. The van der Waals surface area contributed by atoms with E-state index in [2.05, 4.69) is 20.3 Å². The molecule has 1 aliphatic carbocycles. The van der Waals surface area contributed by atoms with Crippen molar-refractivity contribution in [1.82, 2.24) is 15.0 Å². The third-order valence-electron chi connectivity index (χ3n) is 5.07. The number of rotatable bonds is 6. The summed E-state index contributed by atoms with van der Waals surface area (Å²) in [6, 6.07) is 4.06. The number of nitrogens with zero attached hydrogens (tertiary/aromatic N) is 4. The molecular formula is C18H25N7O2. The van der Waals surface area contributed by atoms with Gasteiger partial charge in [0.2, 0.25) is 11.8 Å². The highest BCUT2D eigenvalue weighted by Gasteiger charge is 2.27. The van der Waals surface area contributed by atoms with Crippen LogP contribution in [0.1, 0.15) is 42.6 Å². The molecule has 1 aliphatic rings. The van der Waals surface area contributed by atoms with E-state index in [4.69, 9.17) is 11.5 Å². The molecule has 27 heavy (non-hydrogen) atoms. The molecule has 0 aliphatic heterocycles. The van der Waals surface area contributed by atoms with Crippen LogP contribution in [-0.4, -0.2) is 25.9 Å². The Morgan fingerprint density at radius 1 is 1.26 bits per heavy atom. The number of nitrogens with two attached hydrogens (primary N) is 2. The summed E-state index contributed by atoms with van der Waals surface area (Å²) in [4.78, 5) is 23.8. The molecule has 0 aromatic carbocycles. The maximum absolute atomic E-state index is 11.5. The highest BCUT2D eigenvalue weighted by atomic mass is 16.6. The lowest BCUT2D eigenvalue weighted by Crippen LogP contribution is -2.27. The molecule has 0 amide bonds. The van der Waals surface area contributed by atoms with Gasteiger partial charge in [-0.15, -0.1) is 0 Å². The molecule has 2 aromatic rings. The summed E-state index contributed by atoms with van der Waals surface area (Å²) in [5, 5.41) is 14.6. The van der Waals surface area contributed by atoms with E-state index in [0.29, 0.717) is 24.6 Å². The minimum atomic E-state index is -0.494. The second-order valence-electron chi connectivity index (χ2n) is 7.09. The summed E-state index contributed by atoms with van der Waals surface area (Å²) < 4.78 is 0. The Labute approximate surface area is 157 Å². The van der Waals surface area contributed by atoms with Crippen LogP contribution in [0.4, 0.5) is 17.5 Å². The molecule has 0 bridgehead atoms. The lowest BCUT2D eigenvalue weighted by atomic mass is 9.83. The molecule has 0 spiro atoms. The van der Waals surface area contributed by atoms with Crippen molar-refractivity contribution in [3.8, 4) is 0 Å². The fourth-order valence-electron chi connectivity index (χ4n) is 3.47. The van der Waals surface area contributed by atoms with E-state index in [1.165, 1.54) is 0 Å². The van der Waals surface area contributed by atoms with E-state index in [1.54, 1.807) is 6.20 Å². The van der Waals surface area contributed by atoms with E-state index in [-0.39, 0.29) is 23.5 Å². The summed E-state index contributed by atoms with van der Waals surface area (Å²) in [6.45, 7) is 2.38. The van der Waals surface area contributed by atoms with Crippen molar-refractivity contribution in [1.29, 1.82) is 0 Å². The summed E-state index contributed by atoms with van der Waals surface area (Å²) in [6.07, 6.45) is 5.98. The van der Waals surface area contributed by atoms with Gasteiger partial charge in [-0.2, -0.15) is 4.98 Å². The van der Waals surface area contributed by atoms with E-state index >= 15 is 0 Å². The molecule has 0 radical (unpaired) electrons. The molecule has 1 fully saturated rings. The Hall–Kier alpha value is -2.81. The van der Waals surface area contributed by atoms with Gasteiger partial charge in [-0.05, 0) is 56.6 Å². The average Bonchev–Trinajstić information content (AvgIpc) is 2.62. The second kappa shape index (κ2) is 8.26. The van der Waals surface area contributed by atoms with Crippen molar-refractivity contribution >= 4 is 17.5 Å². The molecule has 2 aromatic heterocycles. The molecule has 0 atom stereocenters. The Balaban J connectivity index is 1.80. The monoisotopic (exact) mass is 371 g/mol. The third-order valence-corrected chi connectivity index (χ3v) is 5.07. The van der Waals surface area contributed by atoms with Crippen LogP contribution in [-0.2, 0) is 13.0 Å². The van der Waals surface area contributed by atoms with Gasteiger partial charge >= 0.3 is 5.69 Å². The molecule has 144 valence electrons. The SMILES string of the molecule is Cc1cccnc1CNc1nc(N)c([N+](=O)[O-])c(CC2CCC(N)CC2)n1. The minimum Gasteiger partial charge on any atom is -0.378 e.